The number of ether oxygens (including phenoxy) is 1. The van der Waals surface area contributed by atoms with Crippen LogP contribution in [0.5, 0.6) is 0 Å². The first kappa shape index (κ1) is 17.9. The number of pyridine rings is 1. The molecule has 0 saturated heterocycles. The minimum Gasteiger partial charge on any atom is -0.478 e. The molecule has 26 heavy (non-hydrogen) atoms. The van der Waals surface area contributed by atoms with Crippen molar-refractivity contribution < 1.29 is 32.6 Å². The van der Waals surface area contributed by atoms with Gasteiger partial charge in [0.05, 0.1) is 35.6 Å². The lowest BCUT2D eigenvalue weighted by Crippen LogP contribution is -2.20. The number of hydrogen-bond donors (Lipinski definition) is 2. The maximum atomic E-state index is 12.8. The van der Waals surface area contributed by atoms with Crippen molar-refractivity contribution in [2.75, 3.05) is 11.9 Å². The third kappa shape index (κ3) is 3.67. The molecule has 6 nitrogen and oxygen atoms in total. The predicted molar refractivity (Wildman–Crippen MR) is 84.0 cm³/mol. The van der Waals surface area contributed by atoms with Crippen LogP contribution in [0.2, 0.25) is 0 Å². The number of anilines is 1. The molecular weight excluding hydrogens is 353 g/mol. The van der Waals surface area contributed by atoms with Crippen molar-refractivity contribution in [3.8, 4) is 0 Å². The van der Waals surface area contributed by atoms with Gasteiger partial charge in [0.2, 0.25) is 0 Å². The van der Waals surface area contributed by atoms with E-state index in [0.717, 1.165) is 17.3 Å². The average molecular weight is 366 g/mol. The highest BCUT2D eigenvalue weighted by Gasteiger charge is 2.32. The van der Waals surface area contributed by atoms with Gasteiger partial charge in [-0.25, -0.2) is 9.78 Å². The summed E-state index contributed by atoms with van der Waals surface area (Å²) in [5.74, 6) is -2.29. The second-order valence-corrected chi connectivity index (χ2v) is 5.62. The molecule has 1 aromatic carbocycles. The summed E-state index contributed by atoms with van der Waals surface area (Å²) in [5, 5.41) is 11.6. The van der Waals surface area contributed by atoms with Gasteiger partial charge in [0.15, 0.2) is 0 Å². The predicted octanol–water partition coefficient (Wildman–Crippen LogP) is 3.12. The largest absolute Gasteiger partial charge is 0.478 e. The Hall–Kier alpha value is -2.94. The van der Waals surface area contributed by atoms with Crippen molar-refractivity contribution in [3.63, 3.8) is 0 Å². The summed E-state index contributed by atoms with van der Waals surface area (Å²) in [7, 11) is 0. The van der Waals surface area contributed by atoms with Gasteiger partial charge in [-0.05, 0) is 29.8 Å². The molecule has 1 aromatic heterocycles. The van der Waals surface area contributed by atoms with E-state index in [9.17, 15) is 22.8 Å². The van der Waals surface area contributed by atoms with E-state index in [1.54, 1.807) is 6.07 Å². The van der Waals surface area contributed by atoms with Crippen molar-refractivity contribution in [1.82, 2.24) is 4.98 Å². The Morgan fingerprint density at radius 2 is 1.92 bits per heavy atom. The van der Waals surface area contributed by atoms with Crippen LogP contribution in [0.15, 0.2) is 30.3 Å². The third-order valence-electron chi connectivity index (χ3n) is 3.87. The number of halogens is 3. The van der Waals surface area contributed by atoms with Gasteiger partial charge in [0.1, 0.15) is 5.82 Å². The van der Waals surface area contributed by atoms with E-state index in [-0.39, 0.29) is 11.4 Å². The van der Waals surface area contributed by atoms with Crippen molar-refractivity contribution in [1.29, 1.82) is 0 Å². The van der Waals surface area contributed by atoms with E-state index in [4.69, 9.17) is 9.84 Å². The quantitative estimate of drug-likeness (QED) is 0.871. The Labute approximate surface area is 145 Å². The molecule has 1 aliphatic rings. The molecule has 0 fully saturated rings. The molecule has 0 unspecified atom stereocenters. The van der Waals surface area contributed by atoms with Gasteiger partial charge in [-0.3, -0.25) is 4.79 Å². The van der Waals surface area contributed by atoms with Gasteiger partial charge in [-0.2, -0.15) is 13.2 Å². The molecule has 0 atom stereocenters. The zero-order valence-electron chi connectivity index (χ0n) is 13.3. The second-order valence-electron chi connectivity index (χ2n) is 5.62. The maximum Gasteiger partial charge on any atom is 0.416 e. The number of nitrogens with zero attached hydrogens (tertiary/aromatic N) is 1. The minimum atomic E-state index is -4.71. The molecule has 2 aromatic rings. The first-order valence-electron chi connectivity index (χ1n) is 7.58. The van der Waals surface area contributed by atoms with Crippen LogP contribution in [-0.4, -0.2) is 28.6 Å². The van der Waals surface area contributed by atoms with Crippen LogP contribution in [0.3, 0.4) is 0 Å². The van der Waals surface area contributed by atoms with E-state index in [1.165, 1.54) is 6.07 Å². The van der Waals surface area contributed by atoms with E-state index >= 15 is 0 Å². The lowest BCUT2D eigenvalue weighted by atomic mass is 10.0. The molecule has 2 heterocycles. The highest BCUT2D eigenvalue weighted by Crippen LogP contribution is 2.31. The SMILES string of the molecule is O=C(O)c1cc(C(F)(F)F)ccc1C(=O)Nc1ccc2c(n1)CCOC2. The van der Waals surface area contributed by atoms with E-state index in [0.29, 0.717) is 31.8 Å². The van der Waals surface area contributed by atoms with Gasteiger partial charge < -0.3 is 15.2 Å². The van der Waals surface area contributed by atoms with E-state index in [2.05, 4.69) is 10.3 Å². The summed E-state index contributed by atoms with van der Waals surface area (Å²) >= 11 is 0. The van der Waals surface area contributed by atoms with Crippen LogP contribution < -0.4 is 5.32 Å². The highest BCUT2D eigenvalue weighted by atomic mass is 19.4. The summed E-state index contributed by atoms with van der Waals surface area (Å²) in [6.07, 6.45) is -4.14. The number of carbonyl (C=O) groups is 2. The number of amides is 1. The summed E-state index contributed by atoms with van der Waals surface area (Å²) in [4.78, 5) is 27.9. The fourth-order valence-corrected chi connectivity index (χ4v) is 2.58. The summed E-state index contributed by atoms with van der Waals surface area (Å²) < 4.78 is 43.6. The second kappa shape index (κ2) is 6.75. The molecule has 0 saturated carbocycles. The molecule has 1 amide bonds. The molecule has 2 N–H and O–H groups in total. The fraction of sp³-hybridized carbons (Fsp3) is 0.235. The van der Waals surface area contributed by atoms with Crippen LogP contribution in [0.4, 0.5) is 19.0 Å². The Morgan fingerprint density at radius 1 is 1.15 bits per heavy atom. The van der Waals surface area contributed by atoms with Gasteiger partial charge in [0.25, 0.3) is 5.91 Å². The van der Waals surface area contributed by atoms with E-state index in [1.807, 2.05) is 0 Å². The molecule has 0 aliphatic carbocycles. The van der Waals surface area contributed by atoms with Gasteiger partial charge in [-0.15, -0.1) is 0 Å². The van der Waals surface area contributed by atoms with Crippen LogP contribution in [0.1, 0.15) is 37.5 Å². The zero-order valence-corrected chi connectivity index (χ0v) is 13.3. The zero-order chi connectivity index (χ0) is 18.9. The minimum absolute atomic E-state index is 0.187. The van der Waals surface area contributed by atoms with Gasteiger partial charge >= 0.3 is 12.1 Å². The highest BCUT2D eigenvalue weighted by molar-refractivity contribution is 6.10. The topological polar surface area (TPSA) is 88.5 Å². The Kier molecular flexibility index (Phi) is 4.64. The third-order valence-corrected chi connectivity index (χ3v) is 3.87. The van der Waals surface area contributed by atoms with Crippen LogP contribution in [0, 0.1) is 0 Å². The summed E-state index contributed by atoms with van der Waals surface area (Å²) in [5.41, 5.74) is -0.620. The fourth-order valence-electron chi connectivity index (χ4n) is 2.58. The molecule has 3 rings (SSSR count). The number of hydrogen-bond acceptors (Lipinski definition) is 4. The van der Waals surface area contributed by atoms with Gasteiger partial charge in [-0.1, -0.05) is 6.07 Å². The Morgan fingerprint density at radius 3 is 2.62 bits per heavy atom. The standard InChI is InChI=1S/C17H13F3N2O4/c18-17(19,20)10-2-3-11(12(7-10)16(24)25)15(23)22-14-4-1-9-8-26-6-5-13(9)21-14/h1-4,7H,5-6,8H2,(H,24,25)(H,21,22,23). The molecule has 9 heteroatoms. The number of nitrogens with one attached hydrogen (secondary N) is 1. The maximum absolute atomic E-state index is 12.8. The molecule has 0 radical (unpaired) electrons. The normalized spacial score (nSPS) is 13.8. The first-order valence-corrected chi connectivity index (χ1v) is 7.58. The number of carbonyl (C=O) groups excluding carboxylic acids is 1. The first-order chi connectivity index (χ1) is 12.3. The number of aromatic nitrogens is 1. The van der Waals surface area contributed by atoms with Crippen molar-refractivity contribution in [2.24, 2.45) is 0 Å². The van der Waals surface area contributed by atoms with Crippen LogP contribution in [0.25, 0.3) is 0 Å². The molecule has 1 aliphatic heterocycles. The number of carboxylic acid groups (broad SMARTS) is 1. The summed E-state index contributed by atoms with van der Waals surface area (Å²) in [6, 6.07) is 5.19. The van der Waals surface area contributed by atoms with Gasteiger partial charge in [0, 0.05) is 6.42 Å². The number of rotatable bonds is 3. The molecule has 0 bridgehead atoms. The van der Waals surface area contributed by atoms with Crippen LogP contribution >= 0.6 is 0 Å². The number of alkyl halides is 3. The van der Waals surface area contributed by atoms with Crippen LogP contribution in [-0.2, 0) is 23.9 Å². The smallest absolute Gasteiger partial charge is 0.416 e. The number of carboxylic acids is 1. The lowest BCUT2D eigenvalue weighted by molar-refractivity contribution is -0.137. The number of benzene rings is 1. The molecule has 136 valence electrons. The Balaban J connectivity index is 1.89. The molecule has 0 spiro atoms. The average Bonchev–Trinajstić information content (AvgIpc) is 2.60. The molecular formula is C17H13F3N2O4. The summed E-state index contributed by atoms with van der Waals surface area (Å²) in [6.45, 7) is 0.915. The monoisotopic (exact) mass is 366 g/mol. The van der Waals surface area contributed by atoms with Crippen molar-refractivity contribution in [2.45, 2.75) is 19.2 Å². The van der Waals surface area contributed by atoms with Crippen molar-refractivity contribution in [3.05, 3.63) is 58.3 Å². The number of fused-ring (bicyclic) bond motifs is 1. The lowest BCUT2D eigenvalue weighted by Gasteiger charge is -2.16. The van der Waals surface area contributed by atoms with E-state index < -0.39 is 29.2 Å². The Bertz CT molecular complexity index is 881. The number of aromatic carboxylic acids is 1. The van der Waals surface area contributed by atoms with Crippen molar-refractivity contribution >= 4 is 17.7 Å².